The van der Waals surface area contributed by atoms with E-state index in [2.05, 4.69) is 0 Å². The highest BCUT2D eigenvalue weighted by Crippen LogP contribution is 2.22. The number of aliphatic hydroxyl groups is 1. The quantitative estimate of drug-likeness (QED) is 0.894. The minimum atomic E-state index is -3.66. The number of hydrogen-bond donors (Lipinski definition) is 1. The van der Waals surface area contributed by atoms with Gasteiger partial charge in [0.05, 0.1) is 27.0 Å². The van der Waals surface area contributed by atoms with E-state index in [1.807, 2.05) is 0 Å². The number of rotatable bonds is 5. The fraction of sp³-hybridized carbons (Fsp3) is 0.143. The molecule has 0 aliphatic heterocycles. The van der Waals surface area contributed by atoms with Crippen LogP contribution in [-0.2, 0) is 19.7 Å². The molecule has 0 spiro atoms. The van der Waals surface area contributed by atoms with Gasteiger partial charge in [-0.15, -0.1) is 0 Å². The molecule has 0 unspecified atom stereocenters. The Morgan fingerprint density at radius 3 is 1.71 bits per heavy atom. The van der Waals surface area contributed by atoms with Gasteiger partial charge in [0.2, 0.25) is 9.84 Å². The minimum Gasteiger partial charge on any atom is -0.395 e. The van der Waals surface area contributed by atoms with Crippen molar-refractivity contribution in [2.45, 2.75) is 14.7 Å². The van der Waals surface area contributed by atoms with Gasteiger partial charge in [-0.1, -0.05) is 18.2 Å². The molecule has 0 aliphatic rings. The van der Waals surface area contributed by atoms with Crippen LogP contribution in [0.5, 0.6) is 0 Å². The van der Waals surface area contributed by atoms with E-state index in [4.69, 9.17) is 5.11 Å². The molecular weight excluding hydrogens is 312 g/mol. The summed E-state index contributed by atoms with van der Waals surface area (Å²) in [6.07, 6.45) is 0. The molecule has 7 heteroatoms. The second-order valence-electron chi connectivity index (χ2n) is 4.33. The van der Waals surface area contributed by atoms with Crippen molar-refractivity contribution in [2.75, 3.05) is 12.4 Å². The lowest BCUT2D eigenvalue weighted by Gasteiger charge is -2.06. The first kappa shape index (κ1) is 15.7. The van der Waals surface area contributed by atoms with Crippen LogP contribution in [0.2, 0.25) is 0 Å². The summed E-state index contributed by atoms with van der Waals surface area (Å²) < 4.78 is 48.2. The highest BCUT2D eigenvalue weighted by atomic mass is 32.2. The van der Waals surface area contributed by atoms with Crippen LogP contribution in [-0.4, -0.2) is 34.3 Å². The summed E-state index contributed by atoms with van der Waals surface area (Å²) in [6, 6.07) is 12.9. The van der Waals surface area contributed by atoms with Gasteiger partial charge in [-0.3, -0.25) is 0 Å². The van der Waals surface area contributed by atoms with Gasteiger partial charge in [0.25, 0.3) is 0 Å². The van der Waals surface area contributed by atoms with Crippen molar-refractivity contribution in [3.63, 3.8) is 0 Å². The molecule has 21 heavy (non-hydrogen) atoms. The lowest BCUT2D eigenvalue weighted by Crippen LogP contribution is -2.10. The van der Waals surface area contributed by atoms with Crippen LogP contribution in [0.3, 0.4) is 0 Å². The van der Waals surface area contributed by atoms with Crippen molar-refractivity contribution in [3.8, 4) is 0 Å². The fourth-order valence-electron chi connectivity index (χ4n) is 1.80. The average molecular weight is 326 g/mol. The first-order valence-electron chi connectivity index (χ1n) is 6.12. The summed E-state index contributed by atoms with van der Waals surface area (Å²) in [5.74, 6) is -0.391. The highest BCUT2D eigenvalue weighted by molar-refractivity contribution is 7.92. The van der Waals surface area contributed by atoms with Crippen LogP contribution in [0.15, 0.2) is 69.3 Å². The Morgan fingerprint density at radius 1 is 0.714 bits per heavy atom. The third-order valence-corrected chi connectivity index (χ3v) is 6.40. The topological polar surface area (TPSA) is 88.5 Å². The largest absolute Gasteiger partial charge is 0.395 e. The second kappa shape index (κ2) is 5.97. The smallest absolute Gasteiger partial charge is 0.206 e. The number of aliphatic hydroxyl groups excluding tert-OH is 1. The van der Waals surface area contributed by atoms with E-state index in [9.17, 15) is 16.8 Å². The van der Waals surface area contributed by atoms with Crippen LogP contribution in [0.1, 0.15) is 0 Å². The monoisotopic (exact) mass is 326 g/mol. The van der Waals surface area contributed by atoms with E-state index in [0.29, 0.717) is 0 Å². The molecule has 0 atom stereocenters. The van der Waals surface area contributed by atoms with Gasteiger partial charge in [0, 0.05) is 0 Å². The summed E-state index contributed by atoms with van der Waals surface area (Å²) in [6.45, 7) is -0.480. The summed E-state index contributed by atoms with van der Waals surface area (Å²) in [4.78, 5) is 0.163. The Hall–Kier alpha value is -1.70. The molecule has 2 aromatic carbocycles. The van der Waals surface area contributed by atoms with E-state index in [1.165, 1.54) is 36.4 Å². The third-order valence-electron chi connectivity index (χ3n) is 2.91. The average Bonchev–Trinajstić information content (AvgIpc) is 2.48. The van der Waals surface area contributed by atoms with E-state index in [1.54, 1.807) is 18.2 Å². The minimum absolute atomic E-state index is 0.0106. The van der Waals surface area contributed by atoms with Crippen LogP contribution < -0.4 is 0 Å². The maximum Gasteiger partial charge on any atom is 0.206 e. The normalized spacial score (nSPS) is 12.2. The maximum absolute atomic E-state index is 12.3. The molecule has 0 heterocycles. The summed E-state index contributed by atoms with van der Waals surface area (Å²) in [7, 11) is -7.24. The van der Waals surface area contributed by atoms with Crippen molar-refractivity contribution >= 4 is 19.7 Å². The lowest BCUT2D eigenvalue weighted by molar-refractivity contribution is 0.319. The van der Waals surface area contributed by atoms with Gasteiger partial charge in [0.15, 0.2) is 9.84 Å². The molecule has 0 radical (unpaired) electrons. The summed E-state index contributed by atoms with van der Waals surface area (Å²) in [5, 5.41) is 8.72. The lowest BCUT2D eigenvalue weighted by atomic mass is 10.4. The summed E-state index contributed by atoms with van der Waals surface area (Å²) >= 11 is 0. The Labute approximate surface area is 123 Å². The standard InChI is InChI=1S/C14H14O5S2/c15-10-11-20(16,17)12-6-8-14(9-7-12)21(18,19)13-4-2-1-3-5-13/h1-9,15H,10-11H2. The van der Waals surface area contributed by atoms with Crippen molar-refractivity contribution in [2.24, 2.45) is 0 Å². The van der Waals surface area contributed by atoms with Crippen molar-refractivity contribution in [1.82, 2.24) is 0 Å². The van der Waals surface area contributed by atoms with E-state index in [-0.39, 0.29) is 14.7 Å². The molecule has 0 saturated carbocycles. The molecule has 112 valence electrons. The van der Waals surface area contributed by atoms with Gasteiger partial charge < -0.3 is 5.11 Å². The summed E-state index contributed by atoms with van der Waals surface area (Å²) in [5.41, 5.74) is 0. The van der Waals surface area contributed by atoms with Gasteiger partial charge in [-0.25, -0.2) is 16.8 Å². The Morgan fingerprint density at radius 2 is 1.19 bits per heavy atom. The van der Waals surface area contributed by atoms with Crippen LogP contribution in [0.4, 0.5) is 0 Å². The Bertz CT molecular complexity index is 807. The van der Waals surface area contributed by atoms with Gasteiger partial charge in [0.1, 0.15) is 0 Å². The number of sulfone groups is 2. The zero-order valence-corrected chi connectivity index (χ0v) is 12.6. The fourth-order valence-corrected chi connectivity index (χ4v) is 4.11. The second-order valence-corrected chi connectivity index (χ2v) is 8.39. The molecule has 0 amide bonds. The van der Waals surface area contributed by atoms with Crippen molar-refractivity contribution in [3.05, 3.63) is 54.6 Å². The van der Waals surface area contributed by atoms with E-state index in [0.717, 1.165) is 0 Å². The van der Waals surface area contributed by atoms with Gasteiger partial charge in [-0.2, -0.15) is 0 Å². The molecular formula is C14H14O5S2. The molecule has 0 bridgehead atoms. The van der Waals surface area contributed by atoms with E-state index < -0.39 is 32.0 Å². The van der Waals surface area contributed by atoms with Crippen molar-refractivity contribution < 1.29 is 21.9 Å². The number of benzene rings is 2. The Kier molecular flexibility index (Phi) is 4.46. The molecule has 0 saturated heterocycles. The predicted molar refractivity (Wildman–Crippen MR) is 77.5 cm³/mol. The number of hydrogen-bond acceptors (Lipinski definition) is 5. The maximum atomic E-state index is 12.3. The molecule has 0 aliphatic carbocycles. The molecule has 0 fully saturated rings. The zero-order chi connectivity index (χ0) is 15.5. The first-order chi connectivity index (χ1) is 9.88. The zero-order valence-electron chi connectivity index (χ0n) is 11.0. The van der Waals surface area contributed by atoms with Crippen LogP contribution in [0, 0.1) is 0 Å². The SMILES string of the molecule is O=S(=O)(CCO)c1ccc(S(=O)(=O)c2ccccc2)cc1. The first-order valence-corrected chi connectivity index (χ1v) is 9.25. The van der Waals surface area contributed by atoms with Gasteiger partial charge in [-0.05, 0) is 36.4 Å². The Balaban J connectivity index is 2.40. The van der Waals surface area contributed by atoms with Gasteiger partial charge >= 0.3 is 0 Å². The molecule has 1 N–H and O–H groups in total. The van der Waals surface area contributed by atoms with Crippen LogP contribution in [0.25, 0.3) is 0 Å². The van der Waals surface area contributed by atoms with E-state index >= 15 is 0 Å². The van der Waals surface area contributed by atoms with Crippen LogP contribution >= 0.6 is 0 Å². The molecule has 0 aromatic heterocycles. The predicted octanol–water partition coefficient (Wildman–Crippen LogP) is 1.29. The molecule has 2 aromatic rings. The highest BCUT2D eigenvalue weighted by Gasteiger charge is 2.19. The molecule has 2 rings (SSSR count). The van der Waals surface area contributed by atoms with Crippen molar-refractivity contribution in [1.29, 1.82) is 0 Å². The third kappa shape index (κ3) is 3.31. The molecule has 5 nitrogen and oxygen atoms in total.